The van der Waals surface area contributed by atoms with Gasteiger partial charge in [-0.15, -0.1) is 0 Å². The van der Waals surface area contributed by atoms with E-state index in [0.717, 1.165) is 5.56 Å². The number of azide groups is 2. The molecule has 0 saturated heterocycles. The summed E-state index contributed by atoms with van der Waals surface area (Å²) in [6.07, 6.45) is 2.37. The Morgan fingerprint density at radius 3 is 1.88 bits per heavy atom. The summed E-state index contributed by atoms with van der Waals surface area (Å²) in [5.41, 5.74) is 19.5. The standard InChI is InChI=1S/C24H18N6O3/c1-16(24(32)19-5-11-21(12-6-19)28-30-26)33-22-13-7-18(8-14-22)23(31)15-4-17-2-9-20(10-3-17)27-29-25/h2-16H,1H3/b15-4+. The molecule has 33 heavy (non-hydrogen) atoms. The third-order valence-electron chi connectivity index (χ3n) is 4.61. The van der Waals surface area contributed by atoms with Crippen LogP contribution >= 0.6 is 0 Å². The molecule has 0 aromatic heterocycles. The molecule has 0 amide bonds. The minimum atomic E-state index is -0.745. The largest absolute Gasteiger partial charge is 0.483 e. The minimum Gasteiger partial charge on any atom is -0.483 e. The van der Waals surface area contributed by atoms with E-state index in [1.54, 1.807) is 85.8 Å². The molecule has 0 radical (unpaired) electrons. The third-order valence-corrected chi connectivity index (χ3v) is 4.61. The molecule has 0 bridgehead atoms. The molecule has 0 heterocycles. The van der Waals surface area contributed by atoms with E-state index < -0.39 is 6.10 Å². The molecule has 3 aromatic carbocycles. The highest BCUT2D eigenvalue weighted by atomic mass is 16.5. The van der Waals surface area contributed by atoms with Crippen LogP contribution in [0.1, 0.15) is 33.2 Å². The molecule has 0 aliphatic heterocycles. The average molecular weight is 438 g/mol. The van der Waals surface area contributed by atoms with E-state index in [2.05, 4.69) is 20.1 Å². The number of ketones is 2. The van der Waals surface area contributed by atoms with Gasteiger partial charge in [-0.05, 0) is 53.9 Å². The maximum Gasteiger partial charge on any atom is 0.202 e. The first-order valence-corrected chi connectivity index (χ1v) is 9.84. The first-order valence-electron chi connectivity index (χ1n) is 9.84. The van der Waals surface area contributed by atoms with Crippen LogP contribution in [0.4, 0.5) is 11.4 Å². The van der Waals surface area contributed by atoms with Crippen LogP contribution in [0.2, 0.25) is 0 Å². The van der Waals surface area contributed by atoms with Crippen LogP contribution in [0.5, 0.6) is 5.75 Å². The molecule has 0 aliphatic rings. The van der Waals surface area contributed by atoms with Gasteiger partial charge in [-0.2, -0.15) is 0 Å². The molecule has 0 spiro atoms. The Hall–Kier alpha value is -4.84. The van der Waals surface area contributed by atoms with Crippen molar-refractivity contribution in [2.75, 3.05) is 0 Å². The Morgan fingerprint density at radius 2 is 1.33 bits per heavy atom. The molecule has 9 nitrogen and oxygen atoms in total. The Balaban J connectivity index is 1.60. The van der Waals surface area contributed by atoms with Crippen LogP contribution < -0.4 is 4.74 Å². The van der Waals surface area contributed by atoms with Crippen LogP contribution in [0.25, 0.3) is 27.0 Å². The molecular weight excluding hydrogens is 420 g/mol. The summed E-state index contributed by atoms with van der Waals surface area (Å²) in [4.78, 5) is 30.4. The fourth-order valence-corrected chi connectivity index (χ4v) is 2.91. The zero-order valence-corrected chi connectivity index (χ0v) is 17.6. The van der Waals surface area contributed by atoms with E-state index in [4.69, 9.17) is 15.8 Å². The van der Waals surface area contributed by atoms with Crippen molar-refractivity contribution in [3.63, 3.8) is 0 Å². The van der Waals surface area contributed by atoms with Gasteiger partial charge in [-0.25, -0.2) is 0 Å². The lowest BCUT2D eigenvalue weighted by atomic mass is 10.1. The van der Waals surface area contributed by atoms with Crippen LogP contribution in [-0.2, 0) is 0 Å². The number of ether oxygens (including phenoxy) is 1. The highest BCUT2D eigenvalue weighted by Crippen LogP contribution is 2.19. The molecule has 0 aliphatic carbocycles. The van der Waals surface area contributed by atoms with Gasteiger partial charge < -0.3 is 4.74 Å². The first kappa shape index (κ1) is 22.8. The topological polar surface area (TPSA) is 141 Å². The number of carbonyl (C=O) groups is 2. The van der Waals surface area contributed by atoms with Crippen molar-refractivity contribution >= 4 is 29.0 Å². The van der Waals surface area contributed by atoms with E-state index in [1.807, 2.05) is 0 Å². The maximum absolute atomic E-state index is 12.6. The molecule has 0 N–H and O–H groups in total. The highest BCUT2D eigenvalue weighted by Gasteiger charge is 2.17. The van der Waals surface area contributed by atoms with Crippen molar-refractivity contribution in [2.45, 2.75) is 13.0 Å². The van der Waals surface area contributed by atoms with Crippen LogP contribution in [0, 0.1) is 0 Å². The summed E-state index contributed by atoms with van der Waals surface area (Å²) in [5.74, 6) is 0.0395. The van der Waals surface area contributed by atoms with Crippen molar-refractivity contribution in [1.82, 2.24) is 0 Å². The van der Waals surface area contributed by atoms with Crippen LogP contribution in [0.15, 0.2) is 89.1 Å². The van der Waals surface area contributed by atoms with E-state index in [9.17, 15) is 9.59 Å². The van der Waals surface area contributed by atoms with Gasteiger partial charge in [0, 0.05) is 32.3 Å². The third kappa shape index (κ3) is 6.32. The molecule has 3 aromatic rings. The number of allylic oxidation sites excluding steroid dienone is 1. The Kier molecular flexibility index (Phi) is 7.59. The van der Waals surface area contributed by atoms with E-state index in [1.165, 1.54) is 6.08 Å². The zero-order valence-electron chi connectivity index (χ0n) is 17.6. The number of hydrogen-bond donors (Lipinski definition) is 0. The molecule has 3 rings (SSSR count). The molecule has 162 valence electrons. The lowest BCUT2D eigenvalue weighted by molar-refractivity contribution is 0.0817. The van der Waals surface area contributed by atoms with Crippen LogP contribution in [0.3, 0.4) is 0 Å². The van der Waals surface area contributed by atoms with Crippen molar-refractivity contribution in [3.8, 4) is 5.75 Å². The highest BCUT2D eigenvalue weighted by molar-refractivity contribution is 6.06. The van der Waals surface area contributed by atoms with Crippen molar-refractivity contribution in [3.05, 3.63) is 116 Å². The summed E-state index contributed by atoms with van der Waals surface area (Å²) >= 11 is 0. The second kappa shape index (κ2) is 11.0. The quantitative estimate of drug-likeness (QED) is 0.115. The fourth-order valence-electron chi connectivity index (χ4n) is 2.91. The average Bonchev–Trinajstić information content (AvgIpc) is 2.84. The number of Topliss-reactive ketones (excluding diaryl/α,β-unsaturated/α-hetero) is 1. The first-order chi connectivity index (χ1) is 16.0. The van der Waals surface area contributed by atoms with Crippen molar-refractivity contribution < 1.29 is 14.3 Å². The maximum atomic E-state index is 12.6. The summed E-state index contributed by atoms with van der Waals surface area (Å²) in [5, 5.41) is 6.97. The SMILES string of the molecule is CC(Oc1ccc(C(=O)/C=C/c2ccc(N=[N+]=[N-])cc2)cc1)C(=O)c1ccc(N=[N+]=[N-])cc1. The van der Waals surface area contributed by atoms with Gasteiger partial charge in [0.25, 0.3) is 0 Å². The summed E-state index contributed by atoms with van der Waals surface area (Å²) in [6.45, 7) is 1.64. The van der Waals surface area contributed by atoms with Gasteiger partial charge in [0.1, 0.15) is 5.75 Å². The zero-order chi connectivity index (χ0) is 23.6. The minimum absolute atomic E-state index is 0.190. The lowest BCUT2D eigenvalue weighted by Gasteiger charge is -2.14. The normalized spacial score (nSPS) is 11.2. The van der Waals surface area contributed by atoms with E-state index >= 15 is 0 Å². The molecule has 1 atom stereocenters. The predicted octanol–water partition coefficient (Wildman–Crippen LogP) is 7.12. The van der Waals surface area contributed by atoms with Crippen molar-refractivity contribution in [1.29, 1.82) is 0 Å². The molecular formula is C24H18N6O3. The van der Waals surface area contributed by atoms with Gasteiger partial charge in [0.15, 0.2) is 11.9 Å². The van der Waals surface area contributed by atoms with Gasteiger partial charge in [0.05, 0.1) is 0 Å². The second-order valence-electron chi connectivity index (χ2n) is 6.86. The monoisotopic (exact) mass is 438 g/mol. The molecule has 0 fully saturated rings. The number of carbonyl (C=O) groups excluding carboxylic acids is 2. The van der Waals surface area contributed by atoms with Gasteiger partial charge in [-0.1, -0.05) is 64.8 Å². The second-order valence-corrected chi connectivity index (χ2v) is 6.86. The number of hydrogen-bond acceptors (Lipinski definition) is 5. The lowest BCUT2D eigenvalue weighted by Crippen LogP contribution is -2.23. The number of nitrogens with zero attached hydrogens (tertiary/aromatic N) is 6. The number of rotatable bonds is 9. The van der Waals surface area contributed by atoms with Gasteiger partial charge >= 0.3 is 0 Å². The Bertz CT molecular complexity index is 1270. The number of benzene rings is 3. The molecule has 1 unspecified atom stereocenters. The van der Waals surface area contributed by atoms with Crippen LogP contribution in [-0.4, -0.2) is 17.7 Å². The summed E-state index contributed by atoms with van der Waals surface area (Å²) in [7, 11) is 0. The molecule has 9 heteroatoms. The summed E-state index contributed by atoms with van der Waals surface area (Å²) in [6, 6.07) is 19.6. The summed E-state index contributed by atoms with van der Waals surface area (Å²) < 4.78 is 5.71. The van der Waals surface area contributed by atoms with Gasteiger partial charge in [-0.3, -0.25) is 9.59 Å². The smallest absolute Gasteiger partial charge is 0.202 e. The Morgan fingerprint density at radius 1 is 0.818 bits per heavy atom. The fraction of sp³-hybridized carbons (Fsp3) is 0.0833. The van der Waals surface area contributed by atoms with Gasteiger partial charge in [0.2, 0.25) is 5.78 Å². The van der Waals surface area contributed by atoms with E-state index in [-0.39, 0.29) is 11.6 Å². The molecule has 0 saturated carbocycles. The van der Waals surface area contributed by atoms with E-state index in [0.29, 0.717) is 28.3 Å². The predicted molar refractivity (Wildman–Crippen MR) is 125 cm³/mol. The van der Waals surface area contributed by atoms with Crippen molar-refractivity contribution in [2.24, 2.45) is 10.2 Å². The Labute approximate surface area is 189 Å².